The molecule has 0 unspecified atom stereocenters. The third-order valence-corrected chi connectivity index (χ3v) is 6.39. The van der Waals surface area contributed by atoms with Gasteiger partial charge in [-0.3, -0.25) is 19.0 Å². The summed E-state index contributed by atoms with van der Waals surface area (Å²) in [4.78, 5) is 43.8. The molecule has 2 aromatic heterocycles. The van der Waals surface area contributed by atoms with Gasteiger partial charge in [0.15, 0.2) is 0 Å². The average molecular weight is 499 g/mol. The monoisotopic (exact) mass is 498 g/mol. The molecule has 0 aliphatic heterocycles. The molecule has 5 aromatic rings. The lowest BCUT2D eigenvalue weighted by atomic mass is 10.1. The summed E-state index contributed by atoms with van der Waals surface area (Å²) >= 11 is 1.37. The van der Waals surface area contributed by atoms with Crippen LogP contribution in [0.4, 0.5) is 15.8 Å². The quantitative estimate of drug-likeness (QED) is 0.338. The third-order valence-electron chi connectivity index (χ3n) is 5.51. The lowest BCUT2D eigenvalue weighted by Gasteiger charge is -2.12. The molecule has 3 aromatic carbocycles. The van der Waals surface area contributed by atoms with Crippen molar-refractivity contribution in [2.75, 3.05) is 10.6 Å². The first-order valence-electron chi connectivity index (χ1n) is 11.0. The van der Waals surface area contributed by atoms with Crippen LogP contribution in [-0.4, -0.2) is 21.4 Å². The van der Waals surface area contributed by atoms with E-state index in [0.29, 0.717) is 15.9 Å². The Kier molecular flexibility index (Phi) is 6.38. The summed E-state index contributed by atoms with van der Waals surface area (Å²) in [6, 6.07) is 21.4. The minimum absolute atomic E-state index is 0.222. The van der Waals surface area contributed by atoms with Crippen LogP contribution in [-0.2, 0) is 11.3 Å². The summed E-state index contributed by atoms with van der Waals surface area (Å²) in [5.41, 5.74) is 2.26. The number of para-hydroxylation sites is 1. The second kappa shape index (κ2) is 9.93. The van der Waals surface area contributed by atoms with Crippen molar-refractivity contribution in [2.24, 2.45) is 0 Å². The van der Waals surface area contributed by atoms with Crippen molar-refractivity contribution in [2.45, 2.75) is 6.54 Å². The molecule has 2 N–H and O–H groups in total. The Balaban J connectivity index is 1.37. The van der Waals surface area contributed by atoms with Crippen LogP contribution in [0.5, 0.6) is 0 Å². The molecule has 0 fully saturated rings. The molecule has 178 valence electrons. The zero-order valence-corrected chi connectivity index (χ0v) is 19.6. The van der Waals surface area contributed by atoms with Gasteiger partial charge in [-0.25, -0.2) is 9.37 Å². The summed E-state index contributed by atoms with van der Waals surface area (Å²) < 4.78 is 14.4. The number of halogens is 1. The Labute approximate surface area is 208 Å². The summed E-state index contributed by atoms with van der Waals surface area (Å²) in [5.74, 6) is -1.37. The highest BCUT2D eigenvalue weighted by molar-refractivity contribution is 7.17. The smallest absolute Gasteiger partial charge is 0.263 e. The number of rotatable bonds is 6. The number of carbonyl (C=O) groups excluding carboxylic acids is 2. The predicted molar refractivity (Wildman–Crippen MR) is 139 cm³/mol. The first-order valence-corrected chi connectivity index (χ1v) is 11.9. The van der Waals surface area contributed by atoms with Gasteiger partial charge in [0, 0.05) is 16.6 Å². The maximum absolute atomic E-state index is 13.2. The van der Waals surface area contributed by atoms with Crippen LogP contribution in [0.25, 0.3) is 21.3 Å². The van der Waals surface area contributed by atoms with Gasteiger partial charge < -0.3 is 10.6 Å². The predicted octanol–water partition coefficient (Wildman–Crippen LogP) is 5.16. The van der Waals surface area contributed by atoms with Crippen molar-refractivity contribution in [1.82, 2.24) is 9.55 Å². The van der Waals surface area contributed by atoms with E-state index in [4.69, 9.17) is 0 Å². The van der Waals surface area contributed by atoms with Crippen LogP contribution in [0.15, 0.2) is 95.4 Å². The van der Waals surface area contributed by atoms with Gasteiger partial charge in [0.25, 0.3) is 11.5 Å². The minimum atomic E-state index is -0.489. The Hall–Kier alpha value is -4.63. The van der Waals surface area contributed by atoms with E-state index in [9.17, 15) is 18.8 Å². The second-order valence-electron chi connectivity index (χ2n) is 7.93. The molecule has 0 spiro atoms. The molecule has 0 radical (unpaired) electrons. The number of nitrogens with one attached hydrogen (secondary N) is 2. The zero-order chi connectivity index (χ0) is 25.1. The molecule has 0 aliphatic carbocycles. The molecular weight excluding hydrogens is 479 g/mol. The molecule has 2 amide bonds. The lowest BCUT2D eigenvalue weighted by molar-refractivity contribution is -0.116. The average Bonchev–Trinajstić information content (AvgIpc) is 3.33. The molecular formula is C27H19FN4O3S. The van der Waals surface area contributed by atoms with Crippen LogP contribution in [0.3, 0.4) is 0 Å². The number of thiophene rings is 1. The molecule has 0 atom stereocenters. The molecule has 0 bridgehead atoms. The van der Waals surface area contributed by atoms with Gasteiger partial charge in [-0.15, -0.1) is 11.3 Å². The van der Waals surface area contributed by atoms with E-state index in [-0.39, 0.29) is 23.4 Å². The Morgan fingerprint density at radius 1 is 0.917 bits per heavy atom. The summed E-state index contributed by atoms with van der Waals surface area (Å²) in [5, 5.41) is 7.72. The molecule has 36 heavy (non-hydrogen) atoms. The number of anilines is 2. The third kappa shape index (κ3) is 4.77. The van der Waals surface area contributed by atoms with E-state index in [1.165, 1.54) is 46.5 Å². The highest BCUT2D eigenvalue weighted by Crippen LogP contribution is 2.30. The van der Waals surface area contributed by atoms with E-state index in [0.717, 1.165) is 11.1 Å². The van der Waals surface area contributed by atoms with Crippen LogP contribution >= 0.6 is 11.3 Å². The summed E-state index contributed by atoms with van der Waals surface area (Å²) in [6.45, 7) is -0.278. The number of aromatic nitrogens is 2. The number of amides is 2. The van der Waals surface area contributed by atoms with Gasteiger partial charge in [-0.05, 0) is 42.0 Å². The number of fused-ring (bicyclic) bond motifs is 1. The second-order valence-corrected chi connectivity index (χ2v) is 8.79. The Bertz CT molecular complexity index is 1630. The van der Waals surface area contributed by atoms with E-state index < -0.39 is 17.6 Å². The van der Waals surface area contributed by atoms with Crippen molar-refractivity contribution >= 4 is 44.7 Å². The minimum Gasteiger partial charge on any atom is -0.324 e. The molecule has 0 saturated carbocycles. The maximum atomic E-state index is 13.2. The van der Waals surface area contributed by atoms with Gasteiger partial charge in [0.05, 0.1) is 23.0 Å². The highest BCUT2D eigenvalue weighted by atomic mass is 32.1. The van der Waals surface area contributed by atoms with Crippen molar-refractivity contribution in [3.8, 4) is 11.1 Å². The maximum Gasteiger partial charge on any atom is 0.263 e. The van der Waals surface area contributed by atoms with Crippen molar-refractivity contribution < 1.29 is 14.0 Å². The first-order chi connectivity index (χ1) is 17.5. The van der Waals surface area contributed by atoms with Crippen molar-refractivity contribution in [3.05, 3.63) is 112 Å². The summed E-state index contributed by atoms with van der Waals surface area (Å²) in [6.07, 6.45) is 1.35. The topological polar surface area (TPSA) is 93.1 Å². The number of carbonyl (C=O) groups is 2. The highest BCUT2D eigenvalue weighted by Gasteiger charge is 2.17. The van der Waals surface area contributed by atoms with Crippen molar-refractivity contribution in [1.29, 1.82) is 0 Å². The van der Waals surface area contributed by atoms with Crippen LogP contribution in [0, 0.1) is 5.82 Å². The number of hydrogen-bond donors (Lipinski definition) is 2. The fourth-order valence-electron chi connectivity index (χ4n) is 3.78. The van der Waals surface area contributed by atoms with Crippen molar-refractivity contribution in [3.63, 3.8) is 0 Å². The SMILES string of the molecule is O=C(Cn1cnc2scc(-c3ccccc3)c2c1=O)Nc1ccccc1C(=O)Nc1ccc(F)cc1. The fourth-order valence-corrected chi connectivity index (χ4v) is 4.68. The Morgan fingerprint density at radius 2 is 1.64 bits per heavy atom. The number of nitrogens with zero attached hydrogens (tertiary/aromatic N) is 2. The molecule has 2 heterocycles. The van der Waals surface area contributed by atoms with Crippen LogP contribution < -0.4 is 16.2 Å². The standard InChI is InChI=1S/C27H19FN4O3S/c28-18-10-12-19(13-11-18)30-25(34)20-8-4-5-9-22(20)31-23(33)14-32-16-29-26-24(27(32)35)21(15-36-26)17-6-2-1-3-7-17/h1-13,15-16H,14H2,(H,30,34)(H,31,33). The van der Waals surface area contributed by atoms with Gasteiger partial charge in [0.1, 0.15) is 17.2 Å². The molecule has 9 heteroatoms. The van der Waals surface area contributed by atoms with Gasteiger partial charge in [0.2, 0.25) is 5.91 Å². The lowest BCUT2D eigenvalue weighted by Crippen LogP contribution is -2.28. The van der Waals surface area contributed by atoms with Gasteiger partial charge in [-0.1, -0.05) is 42.5 Å². The Morgan fingerprint density at radius 3 is 2.42 bits per heavy atom. The molecule has 0 saturated heterocycles. The molecule has 7 nitrogen and oxygen atoms in total. The van der Waals surface area contributed by atoms with Gasteiger partial charge >= 0.3 is 0 Å². The largest absolute Gasteiger partial charge is 0.324 e. The van der Waals surface area contributed by atoms with E-state index >= 15 is 0 Å². The normalized spacial score (nSPS) is 10.8. The van der Waals surface area contributed by atoms with E-state index in [2.05, 4.69) is 15.6 Å². The zero-order valence-electron chi connectivity index (χ0n) is 18.8. The number of benzene rings is 3. The number of hydrogen-bond acceptors (Lipinski definition) is 5. The van der Waals surface area contributed by atoms with Gasteiger partial charge in [-0.2, -0.15) is 0 Å². The molecule has 5 rings (SSSR count). The first kappa shape index (κ1) is 23.1. The van der Waals surface area contributed by atoms with E-state index in [1.54, 1.807) is 24.3 Å². The fraction of sp³-hybridized carbons (Fsp3) is 0.0370. The summed E-state index contributed by atoms with van der Waals surface area (Å²) in [7, 11) is 0. The molecule has 0 aliphatic rings. The van der Waals surface area contributed by atoms with Crippen LogP contribution in [0.2, 0.25) is 0 Å². The van der Waals surface area contributed by atoms with Crippen LogP contribution in [0.1, 0.15) is 10.4 Å². The van der Waals surface area contributed by atoms with E-state index in [1.807, 2.05) is 35.7 Å².